The molecule has 0 aromatic carbocycles. The van der Waals surface area contributed by atoms with Gasteiger partial charge in [0.2, 0.25) is 0 Å². The molecular formula is C13H23N3O2. The van der Waals surface area contributed by atoms with Gasteiger partial charge >= 0.3 is 5.97 Å². The van der Waals surface area contributed by atoms with Gasteiger partial charge in [-0.05, 0) is 33.4 Å². The summed E-state index contributed by atoms with van der Waals surface area (Å²) in [5, 5.41) is 4.47. The Kier molecular flexibility index (Phi) is 5.85. The summed E-state index contributed by atoms with van der Waals surface area (Å²) in [6.07, 6.45) is 1.97. The summed E-state index contributed by atoms with van der Waals surface area (Å²) >= 11 is 0. The fourth-order valence-corrected chi connectivity index (χ4v) is 1.65. The Bertz CT molecular complexity index is 374. The smallest absolute Gasteiger partial charge is 0.320 e. The van der Waals surface area contributed by atoms with E-state index in [4.69, 9.17) is 4.74 Å². The van der Waals surface area contributed by atoms with Crippen molar-refractivity contribution in [2.75, 3.05) is 19.7 Å². The zero-order valence-electron chi connectivity index (χ0n) is 11.7. The van der Waals surface area contributed by atoms with Gasteiger partial charge in [0, 0.05) is 18.8 Å². The molecule has 5 heteroatoms. The van der Waals surface area contributed by atoms with Crippen molar-refractivity contribution >= 4 is 5.97 Å². The van der Waals surface area contributed by atoms with Crippen LogP contribution in [0.5, 0.6) is 0 Å². The molecule has 0 aliphatic carbocycles. The first-order valence-electron chi connectivity index (χ1n) is 6.48. The molecule has 0 aliphatic heterocycles. The number of rotatable bonds is 7. The minimum absolute atomic E-state index is 0.178. The molecule has 5 nitrogen and oxygen atoms in total. The maximum absolute atomic E-state index is 11.4. The van der Waals surface area contributed by atoms with E-state index in [0.717, 1.165) is 12.2 Å². The molecule has 1 aromatic rings. The molecule has 0 N–H and O–H groups in total. The highest BCUT2D eigenvalue weighted by Gasteiger charge is 2.12. The highest BCUT2D eigenvalue weighted by atomic mass is 16.5. The first-order valence-corrected chi connectivity index (χ1v) is 6.48. The van der Waals surface area contributed by atoms with Gasteiger partial charge in [0.15, 0.2) is 0 Å². The Hall–Kier alpha value is -1.36. The van der Waals surface area contributed by atoms with Crippen molar-refractivity contribution in [3.05, 3.63) is 18.0 Å². The van der Waals surface area contributed by atoms with Crippen molar-refractivity contribution in [3.8, 4) is 0 Å². The summed E-state index contributed by atoms with van der Waals surface area (Å²) in [6.45, 7) is 10.2. The van der Waals surface area contributed by atoms with Crippen molar-refractivity contribution in [1.29, 1.82) is 0 Å². The molecule has 0 aliphatic rings. The van der Waals surface area contributed by atoms with E-state index in [1.54, 1.807) is 0 Å². The number of carbonyl (C=O) groups excluding carboxylic acids is 1. The predicted molar refractivity (Wildman–Crippen MR) is 70.2 cm³/mol. The van der Waals surface area contributed by atoms with Crippen LogP contribution in [0.15, 0.2) is 12.3 Å². The first kappa shape index (κ1) is 14.7. The largest absolute Gasteiger partial charge is 0.465 e. The second-order valence-corrected chi connectivity index (χ2v) is 4.49. The van der Waals surface area contributed by atoms with Crippen LogP contribution in [0.25, 0.3) is 0 Å². The normalized spacial score (nSPS) is 11.2. The molecule has 18 heavy (non-hydrogen) atoms. The van der Waals surface area contributed by atoms with Crippen molar-refractivity contribution in [1.82, 2.24) is 14.7 Å². The van der Waals surface area contributed by atoms with Gasteiger partial charge in [0.1, 0.15) is 0 Å². The summed E-state index contributed by atoms with van der Waals surface area (Å²) in [7, 11) is 0. The summed E-state index contributed by atoms with van der Waals surface area (Å²) in [5.41, 5.74) is 0.981. The highest BCUT2D eigenvalue weighted by molar-refractivity contribution is 5.71. The molecule has 0 fully saturated rings. The van der Waals surface area contributed by atoms with Gasteiger partial charge in [-0.1, -0.05) is 6.92 Å². The van der Waals surface area contributed by atoms with E-state index in [1.807, 2.05) is 35.7 Å². The van der Waals surface area contributed by atoms with Gasteiger partial charge in [-0.25, -0.2) is 0 Å². The fourth-order valence-electron chi connectivity index (χ4n) is 1.65. The lowest BCUT2D eigenvalue weighted by atomic mass is 10.3. The Morgan fingerprint density at radius 2 is 2.22 bits per heavy atom. The number of hydrogen-bond acceptors (Lipinski definition) is 4. The molecular weight excluding hydrogens is 230 g/mol. The maximum atomic E-state index is 11.4. The minimum Gasteiger partial charge on any atom is -0.465 e. The van der Waals surface area contributed by atoms with Crippen LogP contribution in [-0.4, -0.2) is 40.3 Å². The summed E-state index contributed by atoms with van der Waals surface area (Å²) in [6, 6.07) is 2.35. The molecule has 1 heterocycles. The van der Waals surface area contributed by atoms with Crippen LogP contribution < -0.4 is 0 Å². The van der Waals surface area contributed by atoms with E-state index in [-0.39, 0.29) is 5.97 Å². The zero-order valence-corrected chi connectivity index (χ0v) is 11.7. The van der Waals surface area contributed by atoms with Gasteiger partial charge in [-0.15, -0.1) is 0 Å². The molecule has 0 saturated carbocycles. The monoisotopic (exact) mass is 253 g/mol. The zero-order chi connectivity index (χ0) is 13.5. The third-order valence-electron chi connectivity index (χ3n) is 2.68. The van der Waals surface area contributed by atoms with Crippen molar-refractivity contribution in [2.24, 2.45) is 0 Å². The van der Waals surface area contributed by atoms with Gasteiger partial charge in [-0.3, -0.25) is 14.4 Å². The SMILES string of the molecule is CCOC(=O)CN(CC)Cc1ccn(C(C)C)n1. The number of ether oxygens (including phenoxy) is 1. The molecule has 0 saturated heterocycles. The average Bonchev–Trinajstić information content (AvgIpc) is 2.77. The van der Waals surface area contributed by atoms with Gasteiger partial charge in [-0.2, -0.15) is 5.10 Å². The molecule has 0 radical (unpaired) electrons. The van der Waals surface area contributed by atoms with Crippen LogP contribution in [0, 0.1) is 0 Å². The topological polar surface area (TPSA) is 47.4 Å². The molecule has 0 unspecified atom stereocenters. The molecule has 1 aromatic heterocycles. The van der Waals surface area contributed by atoms with Crippen molar-refractivity contribution in [3.63, 3.8) is 0 Å². The van der Waals surface area contributed by atoms with Gasteiger partial charge in [0.05, 0.1) is 18.8 Å². The van der Waals surface area contributed by atoms with Crippen LogP contribution in [-0.2, 0) is 16.1 Å². The Balaban J connectivity index is 2.53. The quantitative estimate of drug-likeness (QED) is 0.696. The number of carbonyl (C=O) groups is 1. The van der Waals surface area contributed by atoms with Crippen LogP contribution in [0.3, 0.4) is 0 Å². The first-order chi connectivity index (χ1) is 8.56. The lowest BCUT2D eigenvalue weighted by molar-refractivity contribution is -0.144. The molecule has 0 bridgehead atoms. The van der Waals surface area contributed by atoms with Gasteiger partial charge in [0.25, 0.3) is 0 Å². The Labute approximate surface area is 109 Å². The van der Waals surface area contributed by atoms with Crippen LogP contribution in [0.2, 0.25) is 0 Å². The Morgan fingerprint density at radius 1 is 1.50 bits per heavy atom. The summed E-state index contributed by atoms with van der Waals surface area (Å²) < 4.78 is 6.87. The third-order valence-corrected chi connectivity index (χ3v) is 2.68. The van der Waals surface area contributed by atoms with E-state index in [1.165, 1.54) is 0 Å². The standard InChI is InChI=1S/C13H23N3O2/c1-5-15(10-13(17)18-6-2)9-12-7-8-16(14-12)11(3)4/h7-8,11H,5-6,9-10H2,1-4H3. The van der Waals surface area contributed by atoms with Crippen LogP contribution in [0.4, 0.5) is 0 Å². The van der Waals surface area contributed by atoms with E-state index >= 15 is 0 Å². The minimum atomic E-state index is -0.178. The molecule has 0 atom stereocenters. The maximum Gasteiger partial charge on any atom is 0.320 e. The predicted octanol–water partition coefficient (Wildman–Crippen LogP) is 1.85. The molecule has 0 spiro atoms. The third kappa shape index (κ3) is 4.49. The summed E-state index contributed by atoms with van der Waals surface area (Å²) in [4.78, 5) is 13.4. The van der Waals surface area contributed by atoms with E-state index in [2.05, 4.69) is 18.9 Å². The number of esters is 1. The average molecular weight is 253 g/mol. The van der Waals surface area contributed by atoms with E-state index < -0.39 is 0 Å². The van der Waals surface area contributed by atoms with Gasteiger partial charge < -0.3 is 4.74 Å². The second-order valence-electron chi connectivity index (χ2n) is 4.49. The molecule has 1 rings (SSSR count). The van der Waals surface area contributed by atoms with E-state index in [0.29, 0.717) is 25.7 Å². The van der Waals surface area contributed by atoms with E-state index in [9.17, 15) is 4.79 Å². The molecule has 102 valence electrons. The Morgan fingerprint density at radius 3 is 2.72 bits per heavy atom. The fraction of sp³-hybridized carbons (Fsp3) is 0.692. The van der Waals surface area contributed by atoms with Crippen LogP contribution in [0.1, 0.15) is 39.4 Å². The molecule has 0 amide bonds. The number of aromatic nitrogens is 2. The van der Waals surface area contributed by atoms with Crippen LogP contribution >= 0.6 is 0 Å². The number of likely N-dealkylation sites (N-methyl/N-ethyl adjacent to an activating group) is 1. The number of hydrogen-bond donors (Lipinski definition) is 0. The second kappa shape index (κ2) is 7.16. The highest BCUT2D eigenvalue weighted by Crippen LogP contribution is 2.06. The van der Waals surface area contributed by atoms with Crippen molar-refractivity contribution in [2.45, 2.75) is 40.3 Å². The lowest BCUT2D eigenvalue weighted by Gasteiger charge is -2.17. The van der Waals surface area contributed by atoms with Crippen molar-refractivity contribution < 1.29 is 9.53 Å². The summed E-state index contributed by atoms with van der Waals surface area (Å²) in [5.74, 6) is -0.178. The number of nitrogens with zero attached hydrogens (tertiary/aromatic N) is 3. The lowest BCUT2D eigenvalue weighted by Crippen LogP contribution is -2.30.